The van der Waals surface area contributed by atoms with Crippen molar-refractivity contribution in [3.63, 3.8) is 0 Å². The van der Waals surface area contributed by atoms with Gasteiger partial charge < -0.3 is 4.90 Å². The van der Waals surface area contributed by atoms with Crippen molar-refractivity contribution < 1.29 is 0 Å². The fourth-order valence-electron chi connectivity index (χ4n) is 3.26. The van der Waals surface area contributed by atoms with Crippen LogP contribution >= 0.6 is 11.6 Å². The molecule has 2 fully saturated rings. The molecule has 0 N–H and O–H groups in total. The van der Waals surface area contributed by atoms with Crippen LogP contribution in [0, 0.1) is 5.92 Å². The van der Waals surface area contributed by atoms with Gasteiger partial charge in [-0.1, -0.05) is 12.8 Å². The molecule has 3 rings (SSSR count). The van der Waals surface area contributed by atoms with Crippen molar-refractivity contribution in [3.8, 4) is 0 Å². The van der Waals surface area contributed by atoms with E-state index in [1.807, 2.05) is 6.20 Å². The quantitative estimate of drug-likeness (QED) is 0.757. The van der Waals surface area contributed by atoms with Crippen molar-refractivity contribution in [1.29, 1.82) is 0 Å². The van der Waals surface area contributed by atoms with Crippen LogP contribution in [0.5, 0.6) is 0 Å². The Morgan fingerprint density at radius 1 is 1.18 bits per heavy atom. The third kappa shape index (κ3) is 2.13. The maximum atomic E-state index is 5.73. The van der Waals surface area contributed by atoms with E-state index in [0.29, 0.717) is 11.9 Å². The number of fused-ring (bicyclic) bond motifs is 1. The first kappa shape index (κ1) is 11.3. The van der Waals surface area contributed by atoms with Gasteiger partial charge >= 0.3 is 0 Å². The van der Waals surface area contributed by atoms with E-state index in [9.17, 15) is 0 Å². The van der Waals surface area contributed by atoms with E-state index < -0.39 is 0 Å². The third-order valence-electron chi connectivity index (χ3n) is 4.13. The molecular weight excluding hydrogens is 234 g/mol. The number of rotatable bonds is 2. The Morgan fingerprint density at radius 2 is 2.06 bits per heavy atom. The van der Waals surface area contributed by atoms with Crippen LogP contribution in [0.3, 0.4) is 0 Å². The topological polar surface area (TPSA) is 29.0 Å². The van der Waals surface area contributed by atoms with Gasteiger partial charge in [-0.3, -0.25) is 4.98 Å². The molecule has 0 aromatic carbocycles. The molecule has 17 heavy (non-hydrogen) atoms. The van der Waals surface area contributed by atoms with Gasteiger partial charge in [-0.25, -0.2) is 4.98 Å². The molecule has 92 valence electrons. The van der Waals surface area contributed by atoms with E-state index in [0.717, 1.165) is 24.0 Å². The first-order chi connectivity index (χ1) is 8.38. The molecule has 1 aliphatic carbocycles. The second kappa shape index (κ2) is 4.81. The molecule has 2 aliphatic rings. The standard InChI is InChI=1S/C13H18ClN3/c14-7-11-8-16-13(9-15-11)17-6-5-10-3-1-2-4-12(10)17/h8-10,12H,1-7H2. The van der Waals surface area contributed by atoms with Crippen LogP contribution in [0.2, 0.25) is 0 Å². The molecule has 2 unspecified atom stereocenters. The highest BCUT2D eigenvalue weighted by Crippen LogP contribution is 2.37. The fourth-order valence-corrected chi connectivity index (χ4v) is 3.39. The average molecular weight is 252 g/mol. The Bertz CT molecular complexity index is 379. The van der Waals surface area contributed by atoms with Gasteiger partial charge in [-0.05, 0) is 25.2 Å². The van der Waals surface area contributed by atoms with Crippen molar-refractivity contribution in [3.05, 3.63) is 18.1 Å². The van der Waals surface area contributed by atoms with Gasteiger partial charge in [0.25, 0.3) is 0 Å². The zero-order chi connectivity index (χ0) is 11.7. The van der Waals surface area contributed by atoms with Crippen LogP contribution in [0.1, 0.15) is 37.8 Å². The van der Waals surface area contributed by atoms with Crippen LogP contribution in [0.25, 0.3) is 0 Å². The Hall–Kier alpha value is -0.830. The minimum absolute atomic E-state index is 0.444. The van der Waals surface area contributed by atoms with Gasteiger partial charge in [0.05, 0.1) is 24.0 Å². The Balaban J connectivity index is 1.78. The monoisotopic (exact) mass is 251 g/mol. The maximum absolute atomic E-state index is 5.73. The molecule has 2 heterocycles. The van der Waals surface area contributed by atoms with Crippen molar-refractivity contribution in [2.24, 2.45) is 5.92 Å². The van der Waals surface area contributed by atoms with Crippen LogP contribution in [0.15, 0.2) is 12.4 Å². The molecule has 1 saturated heterocycles. The molecule has 1 saturated carbocycles. The summed E-state index contributed by atoms with van der Waals surface area (Å²) in [6.45, 7) is 1.14. The normalized spacial score (nSPS) is 28.2. The molecule has 0 radical (unpaired) electrons. The first-order valence-electron chi connectivity index (χ1n) is 6.52. The van der Waals surface area contributed by atoms with Crippen LogP contribution in [-0.2, 0) is 5.88 Å². The van der Waals surface area contributed by atoms with E-state index in [1.54, 1.807) is 6.20 Å². The molecule has 0 spiro atoms. The predicted octanol–water partition coefficient (Wildman–Crippen LogP) is 2.98. The molecule has 2 atom stereocenters. The summed E-state index contributed by atoms with van der Waals surface area (Å²) in [5, 5.41) is 0. The molecular formula is C13H18ClN3. The van der Waals surface area contributed by atoms with Gasteiger partial charge in [0.2, 0.25) is 0 Å². The lowest BCUT2D eigenvalue weighted by molar-refractivity contribution is 0.341. The maximum Gasteiger partial charge on any atom is 0.147 e. The van der Waals surface area contributed by atoms with Crippen molar-refractivity contribution in [2.75, 3.05) is 11.4 Å². The van der Waals surface area contributed by atoms with Gasteiger partial charge in [0, 0.05) is 12.6 Å². The summed E-state index contributed by atoms with van der Waals surface area (Å²) in [5.41, 5.74) is 0.856. The van der Waals surface area contributed by atoms with Gasteiger partial charge in [0.15, 0.2) is 0 Å². The van der Waals surface area contributed by atoms with Crippen molar-refractivity contribution in [2.45, 2.75) is 44.0 Å². The number of anilines is 1. The summed E-state index contributed by atoms with van der Waals surface area (Å²) in [5.74, 6) is 2.37. The van der Waals surface area contributed by atoms with E-state index in [-0.39, 0.29) is 0 Å². The van der Waals surface area contributed by atoms with Crippen LogP contribution in [-0.4, -0.2) is 22.6 Å². The van der Waals surface area contributed by atoms with E-state index in [2.05, 4.69) is 14.9 Å². The van der Waals surface area contributed by atoms with Crippen LogP contribution in [0.4, 0.5) is 5.82 Å². The van der Waals surface area contributed by atoms with Gasteiger partial charge in [-0.2, -0.15) is 0 Å². The van der Waals surface area contributed by atoms with Crippen molar-refractivity contribution >= 4 is 17.4 Å². The summed E-state index contributed by atoms with van der Waals surface area (Å²) < 4.78 is 0. The van der Waals surface area contributed by atoms with E-state index in [1.165, 1.54) is 32.1 Å². The lowest BCUT2D eigenvalue weighted by Gasteiger charge is -2.32. The molecule has 0 amide bonds. The Labute approximate surface area is 107 Å². The highest BCUT2D eigenvalue weighted by atomic mass is 35.5. The molecule has 3 nitrogen and oxygen atoms in total. The third-order valence-corrected chi connectivity index (χ3v) is 4.41. The molecule has 0 bridgehead atoms. The lowest BCUT2D eigenvalue weighted by Crippen LogP contribution is -2.35. The predicted molar refractivity (Wildman–Crippen MR) is 69.3 cm³/mol. The fraction of sp³-hybridized carbons (Fsp3) is 0.692. The number of nitrogens with zero attached hydrogens (tertiary/aromatic N) is 3. The zero-order valence-corrected chi connectivity index (χ0v) is 10.7. The highest BCUT2D eigenvalue weighted by Gasteiger charge is 2.36. The zero-order valence-electron chi connectivity index (χ0n) is 9.98. The number of halogens is 1. The number of hydrogen-bond donors (Lipinski definition) is 0. The molecule has 1 aliphatic heterocycles. The molecule has 1 aromatic heterocycles. The Kier molecular flexibility index (Phi) is 3.19. The van der Waals surface area contributed by atoms with Gasteiger partial charge in [0.1, 0.15) is 5.82 Å². The highest BCUT2D eigenvalue weighted by molar-refractivity contribution is 6.16. The first-order valence-corrected chi connectivity index (χ1v) is 7.05. The summed E-state index contributed by atoms with van der Waals surface area (Å²) in [6, 6.07) is 0.708. The molecule has 1 aromatic rings. The van der Waals surface area contributed by atoms with E-state index in [4.69, 9.17) is 11.6 Å². The van der Waals surface area contributed by atoms with E-state index >= 15 is 0 Å². The van der Waals surface area contributed by atoms with Crippen LogP contribution < -0.4 is 4.90 Å². The number of alkyl halides is 1. The largest absolute Gasteiger partial charge is 0.352 e. The smallest absolute Gasteiger partial charge is 0.147 e. The lowest BCUT2D eigenvalue weighted by atomic mass is 9.85. The summed E-state index contributed by atoms with van der Waals surface area (Å²) in [7, 11) is 0. The summed E-state index contributed by atoms with van der Waals surface area (Å²) in [4.78, 5) is 11.3. The second-order valence-electron chi connectivity index (χ2n) is 5.09. The molecule has 4 heteroatoms. The minimum atomic E-state index is 0.444. The summed E-state index contributed by atoms with van der Waals surface area (Å²) in [6.07, 6.45) is 10.5. The second-order valence-corrected chi connectivity index (χ2v) is 5.36. The summed E-state index contributed by atoms with van der Waals surface area (Å²) >= 11 is 5.73. The average Bonchev–Trinajstić information content (AvgIpc) is 2.83. The van der Waals surface area contributed by atoms with Crippen molar-refractivity contribution in [1.82, 2.24) is 9.97 Å². The number of aromatic nitrogens is 2. The number of hydrogen-bond acceptors (Lipinski definition) is 3. The minimum Gasteiger partial charge on any atom is -0.352 e. The SMILES string of the molecule is ClCc1cnc(N2CCC3CCCCC32)cn1. The Morgan fingerprint density at radius 3 is 2.82 bits per heavy atom. The van der Waals surface area contributed by atoms with Gasteiger partial charge in [-0.15, -0.1) is 11.6 Å².